The summed E-state index contributed by atoms with van der Waals surface area (Å²) in [6.07, 6.45) is 1.73. The molecule has 0 bridgehead atoms. The van der Waals surface area contributed by atoms with E-state index in [-0.39, 0.29) is 11.7 Å². The lowest BCUT2D eigenvalue weighted by Gasteiger charge is -2.19. The molecular weight excluding hydrogens is 268 g/mol. The van der Waals surface area contributed by atoms with Crippen LogP contribution in [-0.2, 0) is 0 Å². The topological polar surface area (TPSA) is 95.2 Å². The number of rotatable bonds is 1. The summed E-state index contributed by atoms with van der Waals surface area (Å²) >= 11 is 0. The number of nitrogen functional groups attached to an aromatic ring is 1. The van der Waals surface area contributed by atoms with E-state index in [9.17, 15) is 9.90 Å². The molecular formula is C15H18N4O2. The number of aromatic nitrogens is 2. The first-order valence-corrected chi connectivity index (χ1v) is 7.34. The second-order valence-electron chi connectivity index (χ2n) is 6.14. The molecule has 110 valence electrons. The van der Waals surface area contributed by atoms with E-state index in [0.29, 0.717) is 34.4 Å². The number of nitrogens with zero attached hydrogens (tertiary/aromatic N) is 2. The smallest absolute Gasteiger partial charge is 0.260 e. The lowest BCUT2D eigenvalue weighted by Crippen LogP contribution is -2.28. The fraction of sp³-hybridized carbons (Fsp3) is 0.467. The summed E-state index contributed by atoms with van der Waals surface area (Å²) in [5.41, 5.74) is 6.75. The maximum atomic E-state index is 12.2. The normalized spacial score (nSPS) is 28.2. The molecule has 21 heavy (non-hydrogen) atoms. The second-order valence-corrected chi connectivity index (χ2v) is 6.14. The van der Waals surface area contributed by atoms with Crippen molar-refractivity contribution in [2.75, 3.05) is 23.7 Å². The van der Waals surface area contributed by atoms with Crippen molar-refractivity contribution in [2.24, 2.45) is 11.8 Å². The van der Waals surface area contributed by atoms with Gasteiger partial charge in [0, 0.05) is 24.7 Å². The molecule has 2 fully saturated rings. The molecule has 6 nitrogen and oxygen atoms in total. The number of aliphatic hydroxyl groups excluding tert-OH is 1. The Bertz CT molecular complexity index is 757. The Morgan fingerprint density at radius 2 is 2.19 bits per heavy atom. The molecule has 0 radical (unpaired) electrons. The number of hydrogen-bond donors (Lipinski definition) is 3. The van der Waals surface area contributed by atoms with Gasteiger partial charge >= 0.3 is 0 Å². The van der Waals surface area contributed by atoms with Crippen LogP contribution in [0.15, 0.2) is 23.0 Å². The first-order valence-electron chi connectivity index (χ1n) is 7.34. The van der Waals surface area contributed by atoms with Crippen molar-refractivity contribution in [1.82, 2.24) is 9.97 Å². The molecule has 0 amide bonds. The first-order chi connectivity index (χ1) is 10.1. The summed E-state index contributed by atoms with van der Waals surface area (Å²) in [6, 6.07) is 5.17. The Labute approximate surface area is 121 Å². The number of H-pyrrole nitrogens is 1. The van der Waals surface area contributed by atoms with E-state index in [1.165, 1.54) is 0 Å². The van der Waals surface area contributed by atoms with Gasteiger partial charge in [-0.05, 0) is 37.0 Å². The van der Waals surface area contributed by atoms with Crippen LogP contribution in [0.2, 0.25) is 0 Å². The Kier molecular flexibility index (Phi) is 2.68. The summed E-state index contributed by atoms with van der Waals surface area (Å²) in [7, 11) is 0. The van der Waals surface area contributed by atoms with Crippen molar-refractivity contribution in [3.8, 4) is 0 Å². The molecule has 6 heteroatoms. The van der Waals surface area contributed by atoms with Crippen molar-refractivity contribution in [3.63, 3.8) is 0 Å². The van der Waals surface area contributed by atoms with E-state index in [1.807, 2.05) is 0 Å². The molecule has 0 spiro atoms. The van der Waals surface area contributed by atoms with Gasteiger partial charge in [-0.2, -0.15) is 0 Å². The highest BCUT2D eigenvalue weighted by Crippen LogP contribution is 2.39. The van der Waals surface area contributed by atoms with Gasteiger partial charge in [-0.15, -0.1) is 0 Å². The zero-order valence-corrected chi connectivity index (χ0v) is 11.6. The molecule has 1 aromatic carbocycles. The van der Waals surface area contributed by atoms with Crippen LogP contribution in [0.1, 0.15) is 12.8 Å². The lowest BCUT2D eigenvalue weighted by molar-refractivity contribution is 0.133. The predicted octanol–water partition coefficient (Wildman–Crippen LogP) is 0.712. The average Bonchev–Trinajstić information content (AvgIpc) is 3.02. The van der Waals surface area contributed by atoms with Gasteiger partial charge in [0.1, 0.15) is 0 Å². The number of hydrogen-bond acceptors (Lipinski definition) is 5. The SMILES string of the molecule is Nc1ccc2nc(N3CC4CCC(O)C4C3)[nH]c(=O)c2c1. The highest BCUT2D eigenvalue weighted by Gasteiger charge is 2.42. The average molecular weight is 286 g/mol. The number of fused-ring (bicyclic) bond motifs is 2. The molecule has 1 saturated heterocycles. The van der Waals surface area contributed by atoms with E-state index < -0.39 is 0 Å². The van der Waals surface area contributed by atoms with Gasteiger partial charge < -0.3 is 15.7 Å². The molecule has 1 saturated carbocycles. The van der Waals surface area contributed by atoms with Crippen LogP contribution in [-0.4, -0.2) is 34.3 Å². The third-order valence-corrected chi connectivity index (χ3v) is 4.84. The number of anilines is 2. The Hall–Kier alpha value is -2.08. The zero-order valence-electron chi connectivity index (χ0n) is 11.6. The van der Waals surface area contributed by atoms with E-state index in [0.717, 1.165) is 25.9 Å². The number of aromatic amines is 1. The van der Waals surface area contributed by atoms with Gasteiger partial charge in [0.25, 0.3) is 5.56 Å². The quantitative estimate of drug-likeness (QED) is 0.671. The fourth-order valence-corrected chi connectivity index (χ4v) is 3.70. The third-order valence-electron chi connectivity index (χ3n) is 4.84. The molecule has 1 aromatic heterocycles. The molecule has 1 aliphatic heterocycles. The molecule has 2 aliphatic rings. The molecule has 4 rings (SSSR count). The molecule has 1 aliphatic carbocycles. The summed E-state index contributed by atoms with van der Waals surface area (Å²) in [5.74, 6) is 1.41. The number of nitrogens with one attached hydrogen (secondary N) is 1. The van der Waals surface area contributed by atoms with Gasteiger partial charge in [-0.25, -0.2) is 4.98 Å². The molecule has 4 N–H and O–H groups in total. The minimum Gasteiger partial charge on any atom is -0.399 e. The Morgan fingerprint density at radius 3 is 3.00 bits per heavy atom. The maximum absolute atomic E-state index is 12.2. The van der Waals surface area contributed by atoms with E-state index in [1.54, 1.807) is 18.2 Å². The lowest BCUT2D eigenvalue weighted by atomic mass is 10.00. The maximum Gasteiger partial charge on any atom is 0.260 e. The van der Waals surface area contributed by atoms with Gasteiger partial charge in [-0.3, -0.25) is 9.78 Å². The highest BCUT2D eigenvalue weighted by molar-refractivity contribution is 5.81. The van der Waals surface area contributed by atoms with Crippen molar-refractivity contribution in [3.05, 3.63) is 28.6 Å². The summed E-state index contributed by atoms with van der Waals surface area (Å²) in [4.78, 5) is 21.7. The van der Waals surface area contributed by atoms with E-state index in [2.05, 4.69) is 14.9 Å². The van der Waals surface area contributed by atoms with Crippen molar-refractivity contribution < 1.29 is 5.11 Å². The molecule has 2 heterocycles. The van der Waals surface area contributed by atoms with E-state index >= 15 is 0 Å². The summed E-state index contributed by atoms with van der Waals surface area (Å²) < 4.78 is 0. The monoisotopic (exact) mass is 286 g/mol. The van der Waals surface area contributed by atoms with Gasteiger partial charge in [-0.1, -0.05) is 0 Å². The highest BCUT2D eigenvalue weighted by atomic mass is 16.3. The third kappa shape index (κ3) is 1.98. The second kappa shape index (κ2) is 4.46. The Morgan fingerprint density at radius 1 is 1.33 bits per heavy atom. The number of aliphatic hydroxyl groups is 1. The molecule has 2 aromatic rings. The van der Waals surface area contributed by atoms with Gasteiger partial charge in [0.05, 0.1) is 17.0 Å². The van der Waals surface area contributed by atoms with Crippen LogP contribution in [0.25, 0.3) is 10.9 Å². The van der Waals surface area contributed by atoms with Crippen LogP contribution < -0.4 is 16.2 Å². The number of benzene rings is 1. The van der Waals surface area contributed by atoms with Crippen LogP contribution in [0.3, 0.4) is 0 Å². The summed E-state index contributed by atoms with van der Waals surface area (Å²) in [5, 5.41) is 10.5. The van der Waals surface area contributed by atoms with Crippen LogP contribution >= 0.6 is 0 Å². The first kappa shape index (κ1) is 12.6. The largest absolute Gasteiger partial charge is 0.399 e. The van der Waals surface area contributed by atoms with Gasteiger partial charge in [0.2, 0.25) is 5.95 Å². The minimum absolute atomic E-state index is 0.167. The van der Waals surface area contributed by atoms with Crippen LogP contribution in [0, 0.1) is 11.8 Å². The van der Waals surface area contributed by atoms with Crippen molar-refractivity contribution in [1.29, 1.82) is 0 Å². The van der Waals surface area contributed by atoms with Crippen LogP contribution in [0.5, 0.6) is 0 Å². The van der Waals surface area contributed by atoms with Crippen molar-refractivity contribution >= 4 is 22.5 Å². The van der Waals surface area contributed by atoms with E-state index in [4.69, 9.17) is 5.73 Å². The molecule has 3 atom stereocenters. The minimum atomic E-state index is -0.216. The van der Waals surface area contributed by atoms with Gasteiger partial charge in [0.15, 0.2) is 0 Å². The zero-order chi connectivity index (χ0) is 14.6. The Balaban J connectivity index is 1.72. The number of nitrogens with two attached hydrogens (primary N) is 1. The molecule has 3 unspecified atom stereocenters. The summed E-state index contributed by atoms with van der Waals surface area (Å²) in [6.45, 7) is 1.61. The predicted molar refractivity (Wildman–Crippen MR) is 81.2 cm³/mol. The van der Waals surface area contributed by atoms with Crippen LogP contribution in [0.4, 0.5) is 11.6 Å². The van der Waals surface area contributed by atoms with Crippen molar-refractivity contribution in [2.45, 2.75) is 18.9 Å². The standard InChI is InChI=1S/C15H18N4O2/c16-9-2-3-12-10(5-9)14(21)18-15(17-12)19-6-8-1-4-13(20)11(8)7-19/h2-3,5,8,11,13,20H,1,4,6-7,16H2,(H,17,18,21). The fourth-order valence-electron chi connectivity index (χ4n) is 3.70.